The molecule has 0 radical (unpaired) electrons. The number of aromatic nitrogens is 3. The largest absolute Gasteiger partial charge is 0.484 e. The average Bonchev–Trinajstić information content (AvgIpc) is 3.57. The molecule has 0 aliphatic heterocycles. The third-order valence-electron chi connectivity index (χ3n) is 4.75. The number of hydrogen-bond acceptors (Lipinski definition) is 6. The molecule has 2 amide bonds. The molecule has 4 rings (SSSR count). The van der Waals surface area contributed by atoms with Crippen LogP contribution in [0.1, 0.15) is 24.7 Å². The van der Waals surface area contributed by atoms with Gasteiger partial charge >= 0.3 is 0 Å². The Balaban J connectivity index is 1.27. The number of carbonyl (C=O) groups excluding carboxylic acids is 2. The highest BCUT2D eigenvalue weighted by Gasteiger charge is 2.30. The van der Waals surface area contributed by atoms with Gasteiger partial charge in [0.1, 0.15) is 18.2 Å². The maximum absolute atomic E-state index is 12.9. The van der Waals surface area contributed by atoms with E-state index in [0.717, 1.165) is 12.8 Å². The zero-order valence-electron chi connectivity index (χ0n) is 17.5. The van der Waals surface area contributed by atoms with Crippen molar-refractivity contribution in [1.82, 2.24) is 20.1 Å². The molecule has 1 fully saturated rings. The van der Waals surface area contributed by atoms with Crippen LogP contribution in [0.3, 0.4) is 0 Å². The number of thioether (sulfide) groups is 1. The smallest absolute Gasteiger partial charge is 0.243 e. The first-order valence-electron chi connectivity index (χ1n) is 10.3. The number of rotatable bonds is 10. The summed E-state index contributed by atoms with van der Waals surface area (Å²) in [6.45, 7) is 0.0204. The Morgan fingerprint density at radius 3 is 2.61 bits per heavy atom. The Morgan fingerprint density at radius 2 is 1.88 bits per heavy atom. The molecule has 2 aromatic carbocycles. The minimum absolute atomic E-state index is 0.0834. The monoisotopic (exact) mass is 489 g/mol. The van der Waals surface area contributed by atoms with Gasteiger partial charge in [0.05, 0.1) is 17.3 Å². The van der Waals surface area contributed by atoms with Crippen molar-refractivity contribution >= 4 is 40.9 Å². The van der Waals surface area contributed by atoms with Gasteiger partial charge in [-0.1, -0.05) is 35.5 Å². The highest BCUT2D eigenvalue weighted by molar-refractivity contribution is 7.99. The van der Waals surface area contributed by atoms with Crippen molar-refractivity contribution in [3.05, 3.63) is 65.2 Å². The standard InChI is InChI=1S/C22H21ClFN5O3S/c23-17-3-1-2-4-18(17)32-12-19-27-28-22(29(19)16-9-10-16)33-13-21(31)25-11-20(30)26-15-7-5-14(24)6-8-15/h1-8,16H,9-13H2,(H,25,31)(H,26,30). The van der Waals surface area contributed by atoms with Gasteiger partial charge in [0, 0.05) is 11.7 Å². The van der Waals surface area contributed by atoms with E-state index in [0.29, 0.717) is 27.4 Å². The third kappa shape index (κ3) is 6.45. The topological polar surface area (TPSA) is 98.1 Å². The maximum Gasteiger partial charge on any atom is 0.243 e. The first-order valence-corrected chi connectivity index (χ1v) is 11.6. The van der Waals surface area contributed by atoms with Crippen LogP contribution in [0, 0.1) is 5.82 Å². The first kappa shape index (κ1) is 23.1. The number of benzene rings is 2. The third-order valence-corrected chi connectivity index (χ3v) is 6.00. The van der Waals surface area contributed by atoms with Gasteiger partial charge in [0.15, 0.2) is 11.0 Å². The van der Waals surface area contributed by atoms with Crippen LogP contribution in [0.2, 0.25) is 5.02 Å². The van der Waals surface area contributed by atoms with Crippen LogP contribution in [-0.2, 0) is 16.2 Å². The van der Waals surface area contributed by atoms with Crippen LogP contribution in [0.25, 0.3) is 0 Å². The lowest BCUT2D eigenvalue weighted by atomic mass is 10.3. The molecule has 1 aliphatic rings. The second-order valence-electron chi connectivity index (χ2n) is 7.34. The van der Waals surface area contributed by atoms with Crippen molar-refractivity contribution in [2.45, 2.75) is 30.6 Å². The number of hydrogen-bond donors (Lipinski definition) is 2. The van der Waals surface area contributed by atoms with Crippen molar-refractivity contribution in [2.24, 2.45) is 0 Å². The van der Waals surface area contributed by atoms with Crippen molar-refractivity contribution in [2.75, 3.05) is 17.6 Å². The molecule has 33 heavy (non-hydrogen) atoms. The number of para-hydroxylation sites is 1. The van der Waals surface area contributed by atoms with E-state index in [4.69, 9.17) is 16.3 Å². The molecule has 2 N–H and O–H groups in total. The van der Waals surface area contributed by atoms with E-state index in [1.807, 2.05) is 16.7 Å². The zero-order valence-corrected chi connectivity index (χ0v) is 19.0. The molecule has 0 unspecified atom stereocenters. The van der Waals surface area contributed by atoms with Gasteiger partial charge in [-0.15, -0.1) is 10.2 Å². The lowest BCUT2D eigenvalue weighted by Gasteiger charge is -2.11. The molecule has 8 nitrogen and oxygen atoms in total. The van der Waals surface area contributed by atoms with E-state index in [1.165, 1.54) is 36.0 Å². The van der Waals surface area contributed by atoms with Crippen molar-refractivity contribution in [3.8, 4) is 5.75 Å². The second-order valence-corrected chi connectivity index (χ2v) is 8.69. The van der Waals surface area contributed by atoms with Crippen LogP contribution in [0.5, 0.6) is 5.75 Å². The average molecular weight is 490 g/mol. The summed E-state index contributed by atoms with van der Waals surface area (Å²) in [5.41, 5.74) is 0.453. The number of anilines is 1. The quantitative estimate of drug-likeness (QED) is 0.420. The Morgan fingerprint density at radius 1 is 1.12 bits per heavy atom. The van der Waals surface area contributed by atoms with Crippen LogP contribution in [0.4, 0.5) is 10.1 Å². The van der Waals surface area contributed by atoms with E-state index in [-0.39, 0.29) is 30.9 Å². The molecule has 0 bridgehead atoms. The van der Waals surface area contributed by atoms with Crippen molar-refractivity contribution < 1.29 is 18.7 Å². The molecule has 3 aromatic rings. The fraction of sp³-hybridized carbons (Fsp3) is 0.273. The summed E-state index contributed by atoms with van der Waals surface area (Å²) in [4.78, 5) is 24.2. The highest BCUT2D eigenvalue weighted by atomic mass is 35.5. The lowest BCUT2D eigenvalue weighted by Crippen LogP contribution is -2.33. The van der Waals surface area contributed by atoms with Crippen molar-refractivity contribution in [3.63, 3.8) is 0 Å². The van der Waals surface area contributed by atoms with Gasteiger partial charge in [0.2, 0.25) is 11.8 Å². The molecule has 11 heteroatoms. The first-order chi connectivity index (χ1) is 16.0. The van der Waals surface area contributed by atoms with Gasteiger partial charge < -0.3 is 15.4 Å². The SMILES string of the molecule is O=C(CSc1nnc(COc2ccccc2Cl)n1C1CC1)NCC(=O)Nc1ccc(F)cc1. The van der Waals surface area contributed by atoms with E-state index >= 15 is 0 Å². The van der Waals surface area contributed by atoms with Gasteiger partial charge in [-0.2, -0.15) is 0 Å². The van der Waals surface area contributed by atoms with Gasteiger partial charge in [0.25, 0.3) is 0 Å². The van der Waals surface area contributed by atoms with Gasteiger partial charge in [-0.25, -0.2) is 4.39 Å². The number of nitrogens with one attached hydrogen (secondary N) is 2. The van der Waals surface area contributed by atoms with Crippen LogP contribution < -0.4 is 15.4 Å². The van der Waals surface area contributed by atoms with Crippen molar-refractivity contribution in [1.29, 1.82) is 0 Å². The molecule has 0 atom stereocenters. The molecular formula is C22H21ClFN5O3S. The molecule has 0 saturated heterocycles. The summed E-state index contributed by atoms with van der Waals surface area (Å²) in [7, 11) is 0. The summed E-state index contributed by atoms with van der Waals surface area (Å²) in [5.74, 6) is 0.209. The number of ether oxygens (including phenoxy) is 1. The fourth-order valence-corrected chi connectivity index (χ4v) is 4.05. The number of nitrogens with zero attached hydrogens (tertiary/aromatic N) is 3. The number of carbonyl (C=O) groups is 2. The van der Waals surface area contributed by atoms with Crippen LogP contribution in [0.15, 0.2) is 53.7 Å². The van der Waals surface area contributed by atoms with Gasteiger partial charge in [-0.05, 0) is 49.2 Å². The second kappa shape index (κ2) is 10.7. The number of amides is 2. The molecular weight excluding hydrogens is 469 g/mol. The predicted molar refractivity (Wildman–Crippen MR) is 123 cm³/mol. The Labute approximate surface area is 198 Å². The predicted octanol–water partition coefficient (Wildman–Crippen LogP) is 3.83. The molecule has 1 aromatic heterocycles. The van der Waals surface area contributed by atoms with E-state index in [9.17, 15) is 14.0 Å². The van der Waals surface area contributed by atoms with Crippen LogP contribution >= 0.6 is 23.4 Å². The normalized spacial score (nSPS) is 12.9. The van der Waals surface area contributed by atoms with Crippen LogP contribution in [-0.4, -0.2) is 38.9 Å². The Kier molecular flexibility index (Phi) is 7.46. The van der Waals surface area contributed by atoms with E-state index in [2.05, 4.69) is 20.8 Å². The van der Waals surface area contributed by atoms with E-state index < -0.39 is 11.7 Å². The molecule has 172 valence electrons. The Hall–Kier alpha value is -3.11. The molecule has 1 aliphatic carbocycles. The van der Waals surface area contributed by atoms with Gasteiger partial charge in [-0.3, -0.25) is 14.2 Å². The molecule has 1 saturated carbocycles. The minimum atomic E-state index is -0.403. The summed E-state index contributed by atoms with van der Waals surface area (Å²) in [6.07, 6.45) is 2.03. The minimum Gasteiger partial charge on any atom is -0.484 e. The summed E-state index contributed by atoms with van der Waals surface area (Å²) < 4.78 is 20.7. The molecule has 0 spiro atoms. The summed E-state index contributed by atoms with van der Waals surface area (Å²) in [5, 5.41) is 14.7. The summed E-state index contributed by atoms with van der Waals surface area (Å²) in [6, 6.07) is 12.9. The number of halogens is 2. The molecule has 1 heterocycles. The maximum atomic E-state index is 12.9. The lowest BCUT2D eigenvalue weighted by molar-refractivity contribution is -0.122. The summed E-state index contributed by atoms with van der Waals surface area (Å²) >= 11 is 7.39. The van der Waals surface area contributed by atoms with E-state index in [1.54, 1.807) is 12.1 Å². The fourth-order valence-electron chi connectivity index (χ4n) is 3.01. The highest BCUT2D eigenvalue weighted by Crippen LogP contribution is 2.39. The Bertz CT molecular complexity index is 1140. The zero-order chi connectivity index (χ0) is 23.2.